The molecule has 192 valence electrons. The molecule has 3 heterocycles. The Labute approximate surface area is 208 Å². The van der Waals surface area contributed by atoms with Crippen LogP contribution in [0.1, 0.15) is 31.7 Å². The molecule has 0 radical (unpaired) electrons. The fraction of sp³-hybridized carbons (Fsp3) is 0.375. The molecule has 0 spiro atoms. The summed E-state index contributed by atoms with van der Waals surface area (Å²) in [4.78, 5) is 8.65. The Morgan fingerprint density at radius 1 is 1.17 bits per heavy atom. The molecule has 0 saturated heterocycles. The molecule has 3 aromatic heterocycles. The molecule has 7 nitrogen and oxygen atoms in total. The van der Waals surface area contributed by atoms with E-state index in [1.807, 2.05) is 16.8 Å². The number of nitrogens with zero attached hydrogens (tertiary/aromatic N) is 4. The van der Waals surface area contributed by atoms with Crippen LogP contribution >= 0.6 is 11.3 Å². The number of ether oxygens (including phenoxy) is 1. The lowest BCUT2D eigenvalue weighted by Gasteiger charge is -2.38. The predicted octanol–water partition coefficient (Wildman–Crippen LogP) is 5.41. The highest BCUT2D eigenvalue weighted by molar-refractivity contribution is 7.08. The van der Waals surface area contributed by atoms with Gasteiger partial charge in [0.05, 0.1) is 30.9 Å². The SMILES string of the molecule is COc1ccc(F)cc1C(C)(C)CC(O)(CNc1nc(C)nc2c1cnn2-c1ccsc1)C(F)(F)F. The number of halogens is 4. The zero-order chi connectivity index (χ0) is 26.3. The van der Waals surface area contributed by atoms with Crippen LogP contribution in [0.25, 0.3) is 16.7 Å². The van der Waals surface area contributed by atoms with Crippen LogP contribution in [-0.4, -0.2) is 50.3 Å². The summed E-state index contributed by atoms with van der Waals surface area (Å²) in [6.45, 7) is 3.72. The fourth-order valence-electron chi connectivity index (χ4n) is 4.25. The van der Waals surface area contributed by atoms with Crippen molar-refractivity contribution in [3.05, 3.63) is 58.4 Å². The van der Waals surface area contributed by atoms with Gasteiger partial charge in [0.1, 0.15) is 23.2 Å². The van der Waals surface area contributed by atoms with Crippen molar-refractivity contribution in [2.45, 2.75) is 44.4 Å². The van der Waals surface area contributed by atoms with Gasteiger partial charge in [0.2, 0.25) is 0 Å². The van der Waals surface area contributed by atoms with Crippen LogP contribution in [0.4, 0.5) is 23.4 Å². The number of thiophene rings is 1. The van der Waals surface area contributed by atoms with Crippen LogP contribution in [0.2, 0.25) is 0 Å². The normalized spacial score (nSPS) is 14.1. The summed E-state index contributed by atoms with van der Waals surface area (Å²) >= 11 is 1.47. The van der Waals surface area contributed by atoms with Gasteiger partial charge in [-0.3, -0.25) is 0 Å². The van der Waals surface area contributed by atoms with Gasteiger partial charge in [-0.1, -0.05) is 13.8 Å². The van der Waals surface area contributed by atoms with Crippen molar-refractivity contribution in [1.29, 1.82) is 0 Å². The van der Waals surface area contributed by atoms with E-state index < -0.39 is 36.0 Å². The number of aromatic nitrogens is 4. The van der Waals surface area contributed by atoms with Gasteiger partial charge in [0.15, 0.2) is 11.2 Å². The van der Waals surface area contributed by atoms with Gasteiger partial charge in [0.25, 0.3) is 0 Å². The first-order chi connectivity index (χ1) is 16.8. The van der Waals surface area contributed by atoms with Crippen LogP contribution in [0.15, 0.2) is 41.2 Å². The van der Waals surface area contributed by atoms with Gasteiger partial charge in [-0.05, 0) is 48.4 Å². The van der Waals surface area contributed by atoms with E-state index in [2.05, 4.69) is 20.4 Å². The first-order valence-electron chi connectivity index (χ1n) is 11.0. The van der Waals surface area contributed by atoms with Gasteiger partial charge in [-0.2, -0.15) is 29.6 Å². The summed E-state index contributed by atoms with van der Waals surface area (Å²) in [6.07, 6.45) is -4.31. The number of fused-ring (bicyclic) bond motifs is 1. The summed E-state index contributed by atoms with van der Waals surface area (Å²) < 4.78 is 63.5. The van der Waals surface area contributed by atoms with E-state index in [0.29, 0.717) is 16.9 Å². The molecular formula is C24H25F4N5O2S. The van der Waals surface area contributed by atoms with Crippen molar-refractivity contribution in [2.24, 2.45) is 0 Å². The second-order valence-corrected chi connectivity index (χ2v) is 9.96. The molecule has 0 fully saturated rings. The largest absolute Gasteiger partial charge is 0.496 e. The van der Waals surface area contributed by atoms with E-state index in [9.17, 15) is 22.7 Å². The van der Waals surface area contributed by atoms with Crippen molar-refractivity contribution in [3.63, 3.8) is 0 Å². The average molecular weight is 524 g/mol. The van der Waals surface area contributed by atoms with Gasteiger partial charge in [-0.15, -0.1) is 0 Å². The maximum absolute atomic E-state index is 14.3. The van der Waals surface area contributed by atoms with E-state index in [-0.39, 0.29) is 17.1 Å². The first-order valence-corrected chi connectivity index (χ1v) is 11.9. The smallest absolute Gasteiger partial charge is 0.418 e. The summed E-state index contributed by atoms with van der Waals surface area (Å²) in [6, 6.07) is 5.48. The molecule has 12 heteroatoms. The number of hydrogen-bond acceptors (Lipinski definition) is 7. The Morgan fingerprint density at radius 2 is 1.92 bits per heavy atom. The third-order valence-electron chi connectivity index (χ3n) is 5.99. The maximum Gasteiger partial charge on any atom is 0.418 e. The molecule has 1 atom stereocenters. The van der Waals surface area contributed by atoms with Crippen LogP contribution < -0.4 is 10.1 Å². The Bertz CT molecular complexity index is 1370. The quantitative estimate of drug-likeness (QED) is 0.301. The number of aryl methyl sites for hydroxylation is 1. The number of methoxy groups -OCH3 is 1. The Hall–Kier alpha value is -3.25. The molecule has 4 rings (SSSR count). The first kappa shape index (κ1) is 25.8. The minimum Gasteiger partial charge on any atom is -0.496 e. The van der Waals surface area contributed by atoms with Crippen LogP contribution in [0, 0.1) is 12.7 Å². The highest BCUT2D eigenvalue weighted by Crippen LogP contribution is 2.44. The highest BCUT2D eigenvalue weighted by Gasteiger charge is 2.56. The zero-order valence-corrected chi connectivity index (χ0v) is 20.8. The fourth-order valence-corrected chi connectivity index (χ4v) is 4.86. The molecule has 0 saturated carbocycles. The molecule has 1 unspecified atom stereocenters. The molecular weight excluding hydrogens is 498 g/mol. The average Bonchev–Trinajstić information content (AvgIpc) is 3.46. The number of anilines is 1. The topological polar surface area (TPSA) is 85.1 Å². The van der Waals surface area contributed by atoms with Crippen LogP contribution in [-0.2, 0) is 5.41 Å². The lowest BCUT2D eigenvalue weighted by atomic mass is 9.74. The van der Waals surface area contributed by atoms with E-state index in [0.717, 1.165) is 17.8 Å². The Morgan fingerprint density at radius 3 is 2.56 bits per heavy atom. The molecule has 0 aliphatic heterocycles. The van der Waals surface area contributed by atoms with Crippen molar-refractivity contribution in [3.8, 4) is 11.4 Å². The van der Waals surface area contributed by atoms with E-state index >= 15 is 0 Å². The summed E-state index contributed by atoms with van der Waals surface area (Å²) in [5.41, 5.74) is -3.09. The van der Waals surface area contributed by atoms with E-state index in [1.165, 1.54) is 44.6 Å². The summed E-state index contributed by atoms with van der Waals surface area (Å²) in [5.74, 6) is 0.0482. The number of hydrogen-bond donors (Lipinski definition) is 2. The van der Waals surface area contributed by atoms with Gasteiger partial charge >= 0.3 is 6.18 Å². The second kappa shape index (κ2) is 9.32. The van der Waals surface area contributed by atoms with Gasteiger partial charge < -0.3 is 15.2 Å². The molecule has 36 heavy (non-hydrogen) atoms. The molecule has 0 aliphatic rings. The zero-order valence-electron chi connectivity index (χ0n) is 20.0. The third kappa shape index (κ3) is 4.87. The molecule has 0 amide bonds. The van der Waals surface area contributed by atoms with E-state index in [4.69, 9.17) is 4.74 Å². The van der Waals surface area contributed by atoms with Crippen LogP contribution in [0.3, 0.4) is 0 Å². The Kier molecular flexibility index (Phi) is 6.69. The van der Waals surface area contributed by atoms with Gasteiger partial charge in [-0.25, -0.2) is 19.0 Å². The van der Waals surface area contributed by atoms with Crippen molar-refractivity contribution in [1.82, 2.24) is 19.7 Å². The minimum absolute atomic E-state index is 0.114. The monoisotopic (exact) mass is 523 g/mol. The minimum atomic E-state index is -5.00. The molecule has 0 aliphatic carbocycles. The molecule has 2 N–H and O–H groups in total. The predicted molar refractivity (Wildman–Crippen MR) is 129 cm³/mol. The number of aliphatic hydroxyl groups is 1. The van der Waals surface area contributed by atoms with Crippen molar-refractivity contribution < 1.29 is 27.4 Å². The third-order valence-corrected chi connectivity index (χ3v) is 6.66. The lowest BCUT2D eigenvalue weighted by molar-refractivity contribution is -0.260. The maximum atomic E-state index is 14.3. The standard InChI is InChI=1S/C24H25F4N5O2S/c1-14-31-20(17-10-30-33(21(17)32-14)16-7-8-36-11-16)29-13-23(34,24(26,27)28)12-22(2,3)18-9-15(25)5-6-19(18)35-4/h5-11,34H,12-13H2,1-4H3,(H,29,31,32). The molecule has 4 aromatic rings. The Balaban J connectivity index is 1.67. The molecule has 0 bridgehead atoms. The summed E-state index contributed by atoms with van der Waals surface area (Å²) in [5, 5.41) is 22.1. The van der Waals surface area contributed by atoms with Crippen LogP contribution in [0.5, 0.6) is 5.75 Å². The number of alkyl halides is 3. The number of nitrogens with one attached hydrogen (secondary N) is 1. The van der Waals surface area contributed by atoms with Crippen molar-refractivity contribution >= 4 is 28.2 Å². The number of benzene rings is 1. The molecule has 1 aromatic carbocycles. The highest BCUT2D eigenvalue weighted by atomic mass is 32.1. The second-order valence-electron chi connectivity index (χ2n) is 9.18. The lowest BCUT2D eigenvalue weighted by Crippen LogP contribution is -2.53. The summed E-state index contributed by atoms with van der Waals surface area (Å²) in [7, 11) is 1.35. The van der Waals surface area contributed by atoms with Gasteiger partial charge in [0, 0.05) is 10.9 Å². The van der Waals surface area contributed by atoms with E-state index in [1.54, 1.807) is 11.6 Å². The van der Waals surface area contributed by atoms with Crippen molar-refractivity contribution in [2.75, 3.05) is 19.0 Å². The number of rotatable bonds is 8.